The molecule has 0 spiro atoms. The Labute approximate surface area is 161 Å². The smallest absolute Gasteiger partial charge is 0.102 e. The van der Waals surface area contributed by atoms with Gasteiger partial charge in [-0.25, -0.2) is 0 Å². The van der Waals surface area contributed by atoms with Gasteiger partial charge < -0.3 is 22.2 Å². The first-order chi connectivity index (χ1) is 13.1. The largest absolute Gasteiger partial charge is 0.398 e. The predicted molar refractivity (Wildman–Crippen MR) is 110 cm³/mol. The summed E-state index contributed by atoms with van der Waals surface area (Å²) >= 11 is 6.34. The van der Waals surface area contributed by atoms with E-state index < -0.39 is 0 Å². The Morgan fingerprint density at radius 3 is 2.59 bits per heavy atom. The van der Waals surface area contributed by atoms with Crippen LogP contribution in [0.25, 0.3) is 11.1 Å². The molecule has 3 aromatic rings. The second-order valence-electron chi connectivity index (χ2n) is 5.82. The number of hydrogen-bond donors (Lipinski definition) is 4. The molecule has 6 nitrogen and oxygen atoms in total. The number of hydrogen-bond acceptors (Lipinski definition) is 6. The maximum Gasteiger partial charge on any atom is 0.102 e. The monoisotopic (exact) mass is 376 g/mol. The maximum absolute atomic E-state index is 9.85. The zero-order valence-electron chi connectivity index (χ0n) is 14.3. The van der Waals surface area contributed by atoms with Crippen LogP contribution in [0.2, 0.25) is 5.02 Å². The van der Waals surface area contributed by atoms with Crippen LogP contribution in [-0.4, -0.2) is 11.2 Å². The van der Waals surface area contributed by atoms with E-state index in [2.05, 4.69) is 16.4 Å². The van der Waals surface area contributed by atoms with Gasteiger partial charge in [0.15, 0.2) is 0 Å². The Morgan fingerprint density at radius 1 is 1.19 bits per heavy atom. The molecular formula is C20H17ClN6. The van der Waals surface area contributed by atoms with Crippen LogP contribution in [0.5, 0.6) is 0 Å². The number of nitrogens with one attached hydrogen (secondary N) is 2. The molecule has 3 rings (SSSR count). The first-order valence-electron chi connectivity index (χ1n) is 8.11. The van der Waals surface area contributed by atoms with E-state index in [9.17, 15) is 5.26 Å². The van der Waals surface area contributed by atoms with Gasteiger partial charge in [0.1, 0.15) is 6.07 Å². The minimum atomic E-state index is 0.249. The minimum Gasteiger partial charge on any atom is -0.398 e. The first kappa shape index (κ1) is 18.2. The van der Waals surface area contributed by atoms with Crippen LogP contribution in [0.4, 0.5) is 17.1 Å². The minimum absolute atomic E-state index is 0.249. The summed E-state index contributed by atoms with van der Waals surface area (Å²) in [5, 5.41) is 21.2. The molecule has 0 radical (unpaired) electrons. The number of nitrogen functional groups attached to an aromatic ring is 2. The molecule has 0 aliphatic rings. The van der Waals surface area contributed by atoms with Crippen molar-refractivity contribution in [3.63, 3.8) is 0 Å². The summed E-state index contributed by atoms with van der Waals surface area (Å²) in [6, 6.07) is 13.0. The van der Waals surface area contributed by atoms with Crippen molar-refractivity contribution in [1.82, 2.24) is 4.98 Å². The molecule has 0 fully saturated rings. The van der Waals surface area contributed by atoms with Crippen molar-refractivity contribution in [2.75, 3.05) is 16.8 Å². The molecule has 0 bridgehead atoms. The predicted octanol–water partition coefficient (Wildman–Crippen LogP) is 4.05. The zero-order valence-corrected chi connectivity index (χ0v) is 15.1. The molecule has 134 valence electrons. The lowest BCUT2D eigenvalue weighted by Gasteiger charge is -2.20. The van der Waals surface area contributed by atoms with Crippen LogP contribution in [0, 0.1) is 16.7 Å². The number of aromatic nitrogens is 1. The van der Waals surface area contributed by atoms with Crippen LogP contribution < -0.4 is 16.8 Å². The van der Waals surface area contributed by atoms with Crippen molar-refractivity contribution >= 4 is 34.9 Å². The van der Waals surface area contributed by atoms with E-state index in [1.54, 1.807) is 30.6 Å². The molecule has 27 heavy (non-hydrogen) atoms. The van der Waals surface area contributed by atoms with E-state index in [1.165, 1.54) is 0 Å². The molecule has 1 heterocycles. The molecule has 0 saturated heterocycles. The van der Waals surface area contributed by atoms with Crippen molar-refractivity contribution < 1.29 is 0 Å². The van der Waals surface area contributed by atoms with Crippen LogP contribution >= 0.6 is 11.6 Å². The van der Waals surface area contributed by atoms with Crippen molar-refractivity contribution in [3.8, 4) is 17.2 Å². The lowest BCUT2D eigenvalue weighted by molar-refractivity contribution is 1.11. The van der Waals surface area contributed by atoms with E-state index in [4.69, 9.17) is 28.5 Å². The number of nitriles is 1. The van der Waals surface area contributed by atoms with E-state index in [0.717, 1.165) is 11.8 Å². The van der Waals surface area contributed by atoms with Crippen LogP contribution in [0.15, 0.2) is 48.8 Å². The average Bonchev–Trinajstić information content (AvgIpc) is 2.69. The standard InChI is InChI=1S/C20H17ClN6/c21-16-6-2-1-5-13(16)17-14(8-22)20(19(25)15(9-23)18(17)24)27-11-12-4-3-7-26-10-12/h1-7,9-10,23,27H,11,24-25H2. The summed E-state index contributed by atoms with van der Waals surface area (Å²) < 4.78 is 0. The third kappa shape index (κ3) is 3.41. The highest BCUT2D eigenvalue weighted by Gasteiger charge is 2.22. The molecule has 0 aliphatic heterocycles. The number of nitrogens with zero attached hydrogens (tertiary/aromatic N) is 2. The maximum atomic E-state index is 9.85. The van der Waals surface area contributed by atoms with Crippen molar-refractivity contribution in [3.05, 3.63) is 70.5 Å². The van der Waals surface area contributed by atoms with Crippen LogP contribution in [-0.2, 0) is 6.54 Å². The zero-order chi connectivity index (χ0) is 19.4. The van der Waals surface area contributed by atoms with Gasteiger partial charge in [-0.2, -0.15) is 5.26 Å². The van der Waals surface area contributed by atoms with Gasteiger partial charge in [-0.05, 0) is 17.7 Å². The molecule has 6 N–H and O–H groups in total. The molecule has 1 aromatic heterocycles. The molecular weight excluding hydrogens is 360 g/mol. The molecule has 0 unspecified atom stereocenters. The summed E-state index contributed by atoms with van der Waals surface area (Å²) in [4.78, 5) is 4.08. The fourth-order valence-electron chi connectivity index (χ4n) is 2.90. The first-order valence-corrected chi connectivity index (χ1v) is 8.49. The van der Waals surface area contributed by atoms with Crippen molar-refractivity contribution in [2.24, 2.45) is 0 Å². The Bertz CT molecular complexity index is 1040. The van der Waals surface area contributed by atoms with Gasteiger partial charge in [-0.15, -0.1) is 0 Å². The summed E-state index contributed by atoms with van der Waals surface area (Å²) in [6.45, 7) is 0.413. The molecule has 0 atom stereocenters. The number of benzene rings is 2. The Kier molecular flexibility index (Phi) is 5.25. The highest BCUT2D eigenvalue weighted by atomic mass is 35.5. The Morgan fingerprint density at radius 2 is 1.96 bits per heavy atom. The molecule has 0 saturated carbocycles. The molecule has 2 aromatic carbocycles. The highest BCUT2D eigenvalue weighted by molar-refractivity contribution is 6.33. The van der Waals surface area contributed by atoms with Gasteiger partial charge >= 0.3 is 0 Å². The average molecular weight is 377 g/mol. The normalized spacial score (nSPS) is 10.2. The second kappa shape index (κ2) is 7.77. The number of rotatable bonds is 5. The fraction of sp³-hybridized carbons (Fsp3) is 0.0500. The Balaban J connectivity index is 2.21. The lowest BCUT2D eigenvalue weighted by atomic mass is 9.92. The van der Waals surface area contributed by atoms with Gasteiger partial charge in [0.2, 0.25) is 0 Å². The van der Waals surface area contributed by atoms with Gasteiger partial charge in [0.05, 0.1) is 22.6 Å². The summed E-state index contributed by atoms with van der Waals surface area (Å²) in [6.07, 6.45) is 4.49. The number of pyridine rings is 1. The summed E-state index contributed by atoms with van der Waals surface area (Å²) in [7, 11) is 0. The molecule has 0 aliphatic carbocycles. The number of anilines is 3. The third-order valence-corrected chi connectivity index (χ3v) is 4.54. The van der Waals surface area contributed by atoms with E-state index in [1.807, 2.05) is 18.2 Å². The van der Waals surface area contributed by atoms with Crippen LogP contribution in [0.1, 0.15) is 16.7 Å². The van der Waals surface area contributed by atoms with Gasteiger partial charge in [-0.1, -0.05) is 35.9 Å². The van der Waals surface area contributed by atoms with Crippen LogP contribution in [0.3, 0.4) is 0 Å². The molecule has 0 amide bonds. The van der Waals surface area contributed by atoms with Crippen molar-refractivity contribution in [1.29, 1.82) is 10.7 Å². The Hall–Kier alpha value is -3.56. The fourth-order valence-corrected chi connectivity index (χ4v) is 3.13. The number of halogens is 1. The van der Waals surface area contributed by atoms with E-state index >= 15 is 0 Å². The highest BCUT2D eigenvalue weighted by Crippen LogP contribution is 2.43. The van der Waals surface area contributed by atoms with Gasteiger partial charge in [0, 0.05) is 46.9 Å². The second-order valence-corrected chi connectivity index (χ2v) is 6.22. The van der Waals surface area contributed by atoms with E-state index in [0.29, 0.717) is 33.9 Å². The number of nitrogens with two attached hydrogens (primary N) is 2. The quantitative estimate of drug-likeness (QED) is 0.395. The topological polar surface area (TPSA) is 125 Å². The van der Waals surface area contributed by atoms with Crippen molar-refractivity contribution in [2.45, 2.75) is 6.54 Å². The van der Waals surface area contributed by atoms with Gasteiger partial charge in [0.25, 0.3) is 0 Å². The SMILES string of the molecule is N#Cc1c(NCc2cccnc2)c(N)c(C=N)c(N)c1-c1ccccc1Cl. The summed E-state index contributed by atoms with van der Waals surface area (Å²) in [5.41, 5.74) is 16.0. The van der Waals surface area contributed by atoms with E-state index in [-0.39, 0.29) is 16.9 Å². The lowest BCUT2D eigenvalue weighted by Crippen LogP contribution is -2.11. The summed E-state index contributed by atoms with van der Waals surface area (Å²) in [5.74, 6) is 0. The molecule has 7 heteroatoms. The van der Waals surface area contributed by atoms with Gasteiger partial charge in [-0.3, -0.25) is 4.98 Å². The third-order valence-electron chi connectivity index (χ3n) is 4.21.